The largest absolute Gasteiger partial charge is 0.493 e. The highest BCUT2D eigenvalue weighted by molar-refractivity contribution is 6.30. The molecule has 2 aromatic carbocycles. The van der Waals surface area contributed by atoms with Crippen LogP contribution in [0.5, 0.6) is 11.5 Å². The smallest absolute Gasteiger partial charge is 0.290 e. The predicted molar refractivity (Wildman–Crippen MR) is 125 cm³/mol. The van der Waals surface area contributed by atoms with Crippen LogP contribution in [-0.2, 0) is 30.8 Å². The van der Waals surface area contributed by atoms with Crippen LogP contribution < -0.4 is 15.0 Å². The number of rotatable bonds is 10. The second kappa shape index (κ2) is 11.7. The number of methoxy groups -OCH3 is 2. The molecule has 0 N–H and O–H groups in total. The number of aromatic nitrogens is 2. The molecule has 8 nitrogen and oxygen atoms in total. The Hall–Kier alpha value is -3.83. The van der Waals surface area contributed by atoms with Gasteiger partial charge in [0.2, 0.25) is 0 Å². The highest BCUT2D eigenvalue weighted by atomic mass is 35.5. The van der Waals surface area contributed by atoms with E-state index in [1.807, 2.05) is 36.4 Å². The van der Waals surface area contributed by atoms with Crippen LogP contribution in [0.3, 0.4) is 0 Å². The molecule has 0 amide bonds. The molecule has 0 unspecified atom stereocenters. The lowest BCUT2D eigenvalue weighted by atomic mass is 10.1. The molecule has 3 aromatic rings. The Bertz CT molecular complexity index is 1220. The normalized spacial score (nSPS) is 10.7. The summed E-state index contributed by atoms with van der Waals surface area (Å²) in [4.78, 5) is 21.2. The molecule has 0 spiro atoms. The van der Waals surface area contributed by atoms with Gasteiger partial charge in [0.25, 0.3) is 5.56 Å². The fourth-order valence-electron chi connectivity index (χ4n) is 3.20. The van der Waals surface area contributed by atoms with Crippen LogP contribution in [0.25, 0.3) is 0 Å². The van der Waals surface area contributed by atoms with E-state index in [4.69, 9.17) is 25.9 Å². The second-order valence-corrected chi connectivity index (χ2v) is 7.44. The second-order valence-electron chi connectivity index (χ2n) is 7.01. The molecule has 33 heavy (non-hydrogen) atoms. The summed E-state index contributed by atoms with van der Waals surface area (Å²) in [6.07, 6.45) is 3.85. The molecule has 0 atom stereocenters. The third-order valence-electron chi connectivity index (χ3n) is 4.94. The van der Waals surface area contributed by atoms with E-state index in [2.05, 4.69) is 10.1 Å². The van der Waals surface area contributed by atoms with Crippen LogP contribution in [0, 0.1) is 11.3 Å². The van der Waals surface area contributed by atoms with Crippen LogP contribution >= 0.6 is 11.6 Å². The average Bonchev–Trinajstić information content (AvgIpc) is 2.84. The zero-order chi connectivity index (χ0) is 23.6. The molecule has 0 aliphatic rings. The maximum absolute atomic E-state index is 12.1. The third kappa shape index (κ3) is 6.34. The van der Waals surface area contributed by atoms with E-state index in [9.17, 15) is 10.1 Å². The fraction of sp³-hybridized carbons (Fsp3) is 0.250. The first-order valence-electron chi connectivity index (χ1n) is 10.1. The average molecular weight is 467 g/mol. The number of oxime groups is 1. The van der Waals surface area contributed by atoms with Crippen LogP contribution in [0.1, 0.15) is 22.4 Å². The van der Waals surface area contributed by atoms with E-state index >= 15 is 0 Å². The van der Waals surface area contributed by atoms with Crippen LogP contribution in [-0.4, -0.2) is 30.0 Å². The van der Waals surface area contributed by atoms with Gasteiger partial charge in [-0.2, -0.15) is 10.2 Å². The highest BCUT2D eigenvalue weighted by Gasteiger charge is 2.12. The maximum Gasteiger partial charge on any atom is 0.290 e. The summed E-state index contributed by atoms with van der Waals surface area (Å²) in [6.45, 7) is 0.785. The van der Waals surface area contributed by atoms with Crippen molar-refractivity contribution < 1.29 is 14.3 Å². The third-order valence-corrected chi connectivity index (χ3v) is 5.19. The van der Waals surface area contributed by atoms with Crippen molar-refractivity contribution in [1.29, 1.82) is 5.26 Å². The van der Waals surface area contributed by atoms with Gasteiger partial charge < -0.3 is 18.9 Å². The quantitative estimate of drug-likeness (QED) is 0.333. The summed E-state index contributed by atoms with van der Waals surface area (Å²) in [5, 5.41) is 14.1. The van der Waals surface area contributed by atoms with Gasteiger partial charge in [0.15, 0.2) is 11.5 Å². The summed E-state index contributed by atoms with van der Waals surface area (Å²) >= 11 is 5.87. The number of hydrogen-bond donors (Lipinski definition) is 0. The van der Waals surface area contributed by atoms with E-state index in [-0.39, 0.29) is 18.6 Å². The number of benzene rings is 2. The SMILES string of the molecule is COc1ccc(CCn2cnc(=O)c(C#N)c2C/C=N/OCc2ccc(Cl)cc2)cc1OC. The van der Waals surface area contributed by atoms with Crippen molar-refractivity contribution in [3.05, 3.63) is 86.6 Å². The first kappa shape index (κ1) is 23.8. The van der Waals surface area contributed by atoms with Gasteiger partial charge in [0, 0.05) is 29.9 Å². The summed E-state index contributed by atoms with van der Waals surface area (Å²) in [7, 11) is 3.17. The Balaban J connectivity index is 1.70. The molecule has 0 aliphatic carbocycles. The number of aryl methyl sites for hydroxylation is 2. The van der Waals surface area contributed by atoms with E-state index in [0.29, 0.717) is 35.2 Å². The highest BCUT2D eigenvalue weighted by Crippen LogP contribution is 2.27. The Morgan fingerprint density at radius 3 is 2.55 bits per heavy atom. The number of hydrogen-bond acceptors (Lipinski definition) is 7. The lowest BCUT2D eigenvalue weighted by Gasteiger charge is -2.14. The van der Waals surface area contributed by atoms with Crippen molar-refractivity contribution in [2.45, 2.75) is 26.0 Å². The van der Waals surface area contributed by atoms with Crippen molar-refractivity contribution >= 4 is 17.8 Å². The van der Waals surface area contributed by atoms with Crippen molar-refractivity contribution in [2.24, 2.45) is 5.16 Å². The molecular weight excluding hydrogens is 444 g/mol. The Labute approximate surface area is 196 Å². The molecule has 170 valence electrons. The number of halogens is 1. The zero-order valence-electron chi connectivity index (χ0n) is 18.3. The molecule has 0 bridgehead atoms. The minimum atomic E-state index is -0.564. The van der Waals surface area contributed by atoms with Gasteiger partial charge in [-0.05, 0) is 41.8 Å². The topological polar surface area (TPSA) is 98.7 Å². The molecular formula is C24H23ClN4O4. The molecule has 0 aliphatic heterocycles. The van der Waals surface area contributed by atoms with Crippen LogP contribution in [0.15, 0.2) is 58.7 Å². The standard InChI is InChI=1S/C24H23ClN4O4/c1-31-22-8-5-17(13-23(22)32-2)10-12-29-16-27-24(30)20(14-26)21(29)9-11-28-33-15-18-3-6-19(25)7-4-18/h3-8,11,13,16H,9-10,12,15H2,1-2H3/b28-11+. The number of nitriles is 1. The van der Waals surface area contributed by atoms with Gasteiger partial charge in [-0.3, -0.25) is 4.79 Å². The fourth-order valence-corrected chi connectivity index (χ4v) is 3.33. The minimum absolute atomic E-state index is 0.00559. The minimum Gasteiger partial charge on any atom is -0.493 e. The van der Waals surface area contributed by atoms with Gasteiger partial charge in [-0.25, -0.2) is 0 Å². The molecule has 0 fully saturated rings. The summed E-state index contributed by atoms with van der Waals surface area (Å²) in [5.41, 5.74) is 1.89. The monoisotopic (exact) mass is 466 g/mol. The first-order chi connectivity index (χ1) is 16.0. The molecule has 0 radical (unpaired) electrons. The summed E-state index contributed by atoms with van der Waals surface area (Å²) < 4.78 is 12.4. The molecule has 0 saturated heterocycles. The number of ether oxygens (including phenoxy) is 2. The zero-order valence-corrected chi connectivity index (χ0v) is 19.1. The molecule has 1 heterocycles. The molecule has 0 saturated carbocycles. The Kier molecular flexibility index (Phi) is 8.44. The maximum atomic E-state index is 12.1. The van der Waals surface area contributed by atoms with Gasteiger partial charge in [-0.15, -0.1) is 0 Å². The summed E-state index contributed by atoms with van der Waals surface area (Å²) in [5.74, 6) is 1.28. The molecule has 1 aromatic heterocycles. The lowest BCUT2D eigenvalue weighted by molar-refractivity contribution is 0.131. The first-order valence-corrected chi connectivity index (χ1v) is 10.5. The van der Waals surface area contributed by atoms with Crippen molar-refractivity contribution in [3.8, 4) is 17.6 Å². The summed E-state index contributed by atoms with van der Waals surface area (Å²) in [6, 6.07) is 14.9. The van der Waals surface area contributed by atoms with Crippen LogP contribution in [0.2, 0.25) is 5.02 Å². The van der Waals surface area contributed by atoms with E-state index < -0.39 is 5.56 Å². The van der Waals surface area contributed by atoms with Crippen molar-refractivity contribution in [3.63, 3.8) is 0 Å². The van der Waals surface area contributed by atoms with Crippen LogP contribution in [0.4, 0.5) is 0 Å². The van der Waals surface area contributed by atoms with Gasteiger partial charge in [0.05, 0.1) is 20.5 Å². The molecule has 9 heteroatoms. The Morgan fingerprint density at radius 2 is 1.85 bits per heavy atom. The lowest BCUT2D eigenvalue weighted by Crippen LogP contribution is -2.21. The van der Waals surface area contributed by atoms with E-state index in [0.717, 1.165) is 11.1 Å². The Morgan fingerprint density at radius 1 is 1.12 bits per heavy atom. The number of nitrogens with zero attached hydrogens (tertiary/aromatic N) is 4. The molecule has 3 rings (SSSR count). The van der Waals surface area contributed by atoms with Crippen molar-refractivity contribution in [2.75, 3.05) is 14.2 Å². The van der Waals surface area contributed by atoms with E-state index in [1.54, 1.807) is 30.9 Å². The van der Waals surface area contributed by atoms with Gasteiger partial charge >= 0.3 is 0 Å². The van der Waals surface area contributed by atoms with E-state index in [1.165, 1.54) is 12.5 Å². The van der Waals surface area contributed by atoms with Gasteiger partial charge in [-0.1, -0.05) is 35.0 Å². The van der Waals surface area contributed by atoms with Gasteiger partial charge in [0.1, 0.15) is 18.2 Å². The predicted octanol–water partition coefficient (Wildman–Crippen LogP) is 3.77. The van der Waals surface area contributed by atoms with Crippen molar-refractivity contribution in [1.82, 2.24) is 9.55 Å².